The van der Waals surface area contributed by atoms with Gasteiger partial charge in [-0.15, -0.1) is 0 Å². The van der Waals surface area contributed by atoms with Crippen molar-refractivity contribution in [1.29, 1.82) is 0 Å². The third-order valence-corrected chi connectivity index (χ3v) is 2.36. The molecule has 1 aromatic rings. The Morgan fingerprint density at radius 1 is 1.53 bits per heavy atom. The third-order valence-electron chi connectivity index (χ3n) is 2.36. The van der Waals surface area contributed by atoms with Crippen LogP contribution in [0.5, 0.6) is 0 Å². The van der Waals surface area contributed by atoms with Gasteiger partial charge in [-0.3, -0.25) is 4.79 Å². The topological polar surface area (TPSA) is 92.4 Å². The Balaban J connectivity index is 2.72. The van der Waals surface area contributed by atoms with E-state index in [1.165, 1.54) is 6.07 Å². The highest BCUT2D eigenvalue weighted by atomic mass is 16.5. The van der Waals surface area contributed by atoms with Crippen molar-refractivity contribution in [3.8, 4) is 0 Å². The van der Waals surface area contributed by atoms with Crippen LogP contribution >= 0.6 is 0 Å². The molecule has 0 bridgehead atoms. The molecule has 6 nitrogen and oxygen atoms in total. The maximum absolute atomic E-state index is 11.6. The zero-order valence-electron chi connectivity index (χ0n) is 10.1. The van der Waals surface area contributed by atoms with E-state index in [2.05, 4.69) is 10.5 Å². The van der Waals surface area contributed by atoms with E-state index in [1.54, 1.807) is 6.92 Å². The average molecular weight is 240 g/mol. The van der Waals surface area contributed by atoms with Crippen LogP contribution in [0.15, 0.2) is 10.6 Å². The molecule has 1 heterocycles. The number of rotatable bonds is 5. The number of amides is 1. The van der Waals surface area contributed by atoms with Crippen LogP contribution in [0.25, 0.3) is 0 Å². The van der Waals surface area contributed by atoms with Crippen LogP contribution in [-0.4, -0.2) is 28.2 Å². The summed E-state index contributed by atoms with van der Waals surface area (Å²) >= 11 is 0. The lowest BCUT2D eigenvalue weighted by atomic mass is 10.1. The number of hydrogen-bond donors (Lipinski definition) is 2. The minimum absolute atomic E-state index is 0.0356. The number of hydrogen-bond acceptors (Lipinski definition) is 4. The maximum Gasteiger partial charge on any atom is 0.326 e. The summed E-state index contributed by atoms with van der Waals surface area (Å²) in [6, 6.07) is 0.615. The molecule has 6 heteroatoms. The Morgan fingerprint density at radius 2 is 2.18 bits per heavy atom. The van der Waals surface area contributed by atoms with Gasteiger partial charge < -0.3 is 14.9 Å². The highest BCUT2D eigenvalue weighted by Crippen LogP contribution is 2.14. The van der Waals surface area contributed by atoms with E-state index in [0.29, 0.717) is 12.1 Å². The predicted octanol–water partition coefficient (Wildman–Crippen LogP) is 1.39. The van der Waals surface area contributed by atoms with Gasteiger partial charge in [0.15, 0.2) is 0 Å². The monoisotopic (exact) mass is 240 g/mol. The Labute approximate surface area is 99.0 Å². The summed E-state index contributed by atoms with van der Waals surface area (Å²) in [5.41, 5.74) is 0.665. The molecule has 0 aliphatic rings. The minimum atomic E-state index is -1.07. The smallest absolute Gasteiger partial charge is 0.326 e. The van der Waals surface area contributed by atoms with Gasteiger partial charge in [-0.2, -0.15) is 0 Å². The molecule has 0 saturated carbocycles. The van der Waals surface area contributed by atoms with Crippen molar-refractivity contribution < 1.29 is 19.2 Å². The van der Waals surface area contributed by atoms with Crippen LogP contribution in [0.2, 0.25) is 0 Å². The fourth-order valence-electron chi connectivity index (χ4n) is 1.24. The summed E-state index contributed by atoms with van der Waals surface area (Å²) in [6.45, 7) is 5.52. The number of carboxylic acids is 1. The van der Waals surface area contributed by atoms with Crippen molar-refractivity contribution in [3.63, 3.8) is 0 Å². The highest BCUT2D eigenvalue weighted by Gasteiger charge is 2.21. The molecule has 17 heavy (non-hydrogen) atoms. The van der Waals surface area contributed by atoms with Crippen molar-refractivity contribution in [2.45, 2.75) is 39.2 Å². The van der Waals surface area contributed by atoms with Crippen molar-refractivity contribution in [3.05, 3.63) is 17.5 Å². The van der Waals surface area contributed by atoms with Crippen LogP contribution in [-0.2, 0) is 4.79 Å². The second-order valence-electron chi connectivity index (χ2n) is 4.04. The summed E-state index contributed by atoms with van der Waals surface area (Å²) in [7, 11) is 0. The molecular formula is C11H16N2O4. The largest absolute Gasteiger partial charge is 0.480 e. The molecular weight excluding hydrogens is 224 g/mol. The normalized spacial score (nSPS) is 12.5. The third kappa shape index (κ3) is 3.30. The molecule has 0 spiro atoms. The van der Waals surface area contributed by atoms with E-state index in [0.717, 1.165) is 0 Å². The molecule has 1 atom stereocenters. The summed E-state index contributed by atoms with van der Waals surface area (Å²) in [6.07, 6.45) is 0.312. The van der Waals surface area contributed by atoms with Crippen molar-refractivity contribution in [1.82, 2.24) is 10.5 Å². The van der Waals surface area contributed by atoms with Gasteiger partial charge in [0.2, 0.25) is 5.76 Å². The molecule has 0 fully saturated rings. The number of carbonyl (C=O) groups is 2. The molecule has 0 aliphatic heterocycles. The standard InChI is InChI=1S/C11H16N2O4/c1-4-7(11(15)16)12-10(14)9-5-8(6(2)3)13-17-9/h5-7H,4H2,1-3H3,(H,12,14)(H,15,16). The van der Waals surface area contributed by atoms with Gasteiger partial charge in [-0.1, -0.05) is 25.9 Å². The Hall–Kier alpha value is -1.85. The first kappa shape index (κ1) is 13.2. The summed E-state index contributed by atoms with van der Waals surface area (Å²) in [5.74, 6) is -1.43. The van der Waals surface area contributed by atoms with E-state index in [4.69, 9.17) is 9.63 Å². The highest BCUT2D eigenvalue weighted by molar-refractivity contribution is 5.94. The van der Waals surface area contributed by atoms with Crippen LogP contribution in [0.3, 0.4) is 0 Å². The molecule has 1 rings (SSSR count). The van der Waals surface area contributed by atoms with E-state index in [-0.39, 0.29) is 11.7 Å². The van der Waals surface area contributed by atoms with Crippen LogP contribution in [0, 0.1) is 0 Å². The molecule has 1 amide bonds. The van der Waals surface area contributed by atoms with E-state index >= 15 is 0 Å². The molecule has 0 aromatic carbocycles. The van der Waals surface area contributed by atoms with Gasteiger partial charge in [-0.25, -0.2) is 4.79 Å². The van der Waals surface area contributed by atoms with Crippen LogP contribution in [0.4, 0.5) is 0 Å². The first-order valence-corrected chi connectivity index (χ1v) is 5.46. The Bertz CT molecular complexity index is 411. The van der Waals surface area contributed by atoms with E-state index in [1.807, 2.05) is 13.8 Å². The lowest BCUT2D eigenvalue weighted by Gasteiger charge is -2.09. The maximum atomic E-state index is 11.6. The number of nitrogens with zero attached hydrogens (tertiary/aromatic N) is 1. The van der Waals surface area contributed by atoms with Gasteiger partial charge >= 0.3 is 5.97 Å². The van der Waals surface area contributed by atoms with Gasteiger partial charge in [0.1, 0.15) is 6.04 Å². The molecule has 2 N–H and O–H groups in total. The van der Waals surface area contributed by atoms with Gasteiger partial charge in [-0.05, 0) is 12.3 Å². The molecule has 0 saturated heterocycles. The van der Waals surface area contributed by atoms with Crippen molar-refractivity contribution in [2.75, 3.05) is 0 Å². The van der Waals surface area contributed by atoms with Crippen molar-refractivity contribution in [2.24, 2.45) is 0 Å². The summed E-state index contributed by atoms with van der Waals surface area (Å²) < 4.78 is 4.86. The first-order chi connectivity index (χ1) is 7.95. The van der Waals surface area contributed by atoms with Gasteiger partial charge in [0.25, 0.3) is 5.91 Å². The number of carboxylic acid groups (broad SMARTS) is 1. The van der Waals surface area contributed by atoms with E-state index < -0.39 is 17.9 Å². The SMILES string of the molecule is CCC(NC(=O)c1cc(C(C)C)no1)C(=O)O. The van der Waals surface area contributed by atoms with Crippen molar-refractivity contribution >= 4 is 11.9 Å². The minimum Gasteiger partial charge on any atom is -0.480 e. The van der Waals surface area contributed by atoms with Crippen LogP contribution < -0.4 is 5.32 Å². The van der Waals surface area contributed by atoms with Gasteiger partial charge in [0.05, 0.1) is 5.69 Å². The molecule has 94 valence electrons. The van der Waals surface area contributed by atoms with Gasteiger partial charge in [0, 0.05) is 6.07 Å². The zero-order valence-corrected chi connectivity index (χ0v) is 10.1. The second kappa shape index (κ2) is 5.47. The number of nitrogens with one attached hydrogen (secondary N) is 1. The lowest BCUT2D eigenvalue weighted by Crippen LogP contribution is -2.40. The first-order valence-electron chi connectivity index (χ1n) is 5.46. The Morgan fingerprint density at radius 3 is 2.59 bits per heavy atom. The summed E-state index contributed by atoms with van der Waals surface area (Å²) in [4.78, 5) is 22.4. The summed E-state index contributed by atoms with van der Waals surface area (Å²) in [5, 5.41) is 14.9. The quantitative estimate of drug-likeness (QED) is 0.811. The Kier molecular flexibility index (Phi) is 4.25. The lowest BCUT2D eigenvalue weighted by molar-refractivity contribution is -0.139. The zero-order chi connectivity index (χ0) is 13.0. The number of aliphatic carboxylic acids is 1. The number of carbonyl (C=O) groups excluding carboxylic acids is 1. The van der Waals surface area contributed by atoms with Crippen LogP contribution in [0.1, 0.15) is 49.4 Å². The fraction of sp³-hybridized carbons (Fsp3) is 0.545. The van der Waals surface area contributed by atoms with E-state index in [9.17, 15) is 9.59 Å². The molecule has 1 aromatic heterocycles. The molecule has 1 unspecified atom stereocenters. The number of aromatic nitrogens is 1. The average Bonchev–Trinajstić information content (AvgIpc) is 2.74. The predicted molar refractivity (Wildman–Crippen MR) is 59.8 cm³/mol. The second-order valence-corrected chi connectivity index (χ2v) is 4.04. The fourth-order valence-corrected chi connectivity index (χ4v) is 1.24. The molecule has 0 radical (unpaired) electrons. The molecule has 0 aliphatic carbocycles.